The van der Waals surface area contributed by atoms with Gasteiger partial charge in [-0.15, -0.1) is 17.2 Å². The monoisotopic (exact) mass is 384 g/mol. The van der Waals surface area contributed by atoms with E-state index in [4.69, 9.17) is 0 Å². The summed E-state index contributed by atoms with van der Waals surface area (Å²) in [6.07, 6.45) is 17.8. The topological polar surface area (TPSA) is 40.5 Å². The molecule has 4 heteroatoms. The van der Waals surface area contributed by atoms with Crippen molar-refractivity contribution in [2.24, 2.45) is 17.3 Å². The van der Waals surface area contributed by atoms with Gasteiger partial charge in [0, 0.05) is 10.3 Å². The molecule has 1 spiro atoms. The third-order valence-electron chi connectivity index (χ3n) is 8.14. The molecule has 0 radical (unpaired) electrons. The largest absolute Gasteiger partial charge is 0.396 e. The lowest BCUT2D eigenvalue weighted by Crippen LogP contribution is -2.53. The van der Waals surface area contributed by atoms with Crippen molar-refractivity contribution in [3.63, 3.8) is 0 Å². The van der Waals surface area contributed by atoms with E-state index in [9.17, 15) is 10.2 Å². The second kappa shape index (κ2) is 8.03. The van der Waals surface area contributed by atoms with Gasteiger partial charge in [-0.1, -0.05) is 38.5 Å². The van der Waals surface area contributed by atoms with Crippen molar-refractivity contribution in [2.45, 2.75) is 99.7 Å². The molecule has 144 valence electrons. The zero-order valence-corrected chi connectivity index (χ0v) is 17.8. The first-order valence-corrected chi connectivity index (χ1v) is 13.1. The number of rotatable bonds is 2. The van der Waals surface area contributed by atoms with E-state index in [0.29, 0.717) is 0 Å². The number of hydrogen-bond acceptors (Lipinski definition) is 2. The van der Waals surface area contributed by atoms with Crippen molar-refractivity contribution in [2.75, 3.05) is 13.2 Å². The molecule has 25 heavy (non-hydrogen) atoms. The van der Waals surface area contributed by atoms with Crippen LogP contribution in [0.15, 0.2) is 0 Å². The van der Waals surface area contributed by atoms with E-state index in [1.807, 2.05) is 0 Å². The van der Waals surface area contributed by atoms with Gasteiger partial charge >= 0.3 is 0 Å². The molecule has 5 aliphatic rings. The Morgan fingerprint density at radius 3 is 1.64 bits per heavy atom. The predicted octanol–water partition coefficient (Wildman–Crippen LogP) is 5.11. The van der Waals surface area contributed by atoms with Crippen molar-refractivity contribution < 1.29 is 10.2 Å². The van der Waals surface area contributed by atoms with E-state index in [-0.39, 0.29) is 23.5 Å². The van der Waals surface area contributed by atoms with Crippen LogP contribution in [0.3, 0.4) is 0 Å². The van der Waals surface area contributed by atoms with E-state index in [2.05, 4.69) is 0 Å². The summed E-state index contributed by atoms with van der Waals surface area (Å²) in [5.74, 6) is 1.52. The Morgan fingerprint density at radius 1 is 0.680 bits per heavy atom. The molecule has 2 nitrogen and oxygen atoms in total. The molecule has 2 N–H and O–H groups in total. The molecule has 0 aromatic heterocycles. The van der Waals surface area contributed by atoms with Crippen LogP contribution in [0.4, 0.5) is 0 Å². The number of aliphatic hydroxyl groups is 2. The molecule has 4 saturated heterocycles. The fourth-order valence-corrected chi connectivity index (χ4v) is 13.3. The van der Waals surface area contributed by atoms with Crippen LogP contribution in [-0.2, 0) is 0 Å². The summed E-state index contributed by atoms with van der Waals surface area (Å²) in [6, 6.07) is 0. The van der Waals surface area contributed by atoms with Crippen molar-refractivity contribution in [3.8, 4) is 0 Å². The summed E-state index contributed by atoms with van der Waals surface area (Å²) in [4.78, 5) is 0.270. The standard InChI is InChI=1S/C21H38O2P2/c22-14-20(15-23)13-16-5-1-9-18(10-2-6-16)24-21(20)17-7-3-11-19(25-21)12-4-8-17/h16-19,22-25H,1-15H2. The lowest BCUT2D eigenvalue weighted by Gasteiger charge is -2.55. The Kier molecular flexibility index (Phi) is 6.14. The molecule has 5 rings (SSSR count). The first-order valence-electron chi connectivity index (χ1n) is 11.0. The van der Waals surface area contributed by atoms with Gasteiger partial charge in [-0.25, -0.2) is 0 Å². The number of aliphatic hydroxyl groups excluding tert-OH is 2. The quantitative estimate of drug-likeness (QED) is 0.650. The molecule has 4 aliphatic heterocycles. The Morgan fingerprint density at radius 2 is 1.16 bits per heavy atom. The van der Waals surface area contributed by atoms with E-state index in [0.717, 1.165) is 46.7 Å². The molecule has 3 atom stereocenters. The highest BCUT2D eigenvalue weighted by Crippen LogP contribution is 2.71. The molecule has 3 unspecified atom stereocenters. The van der Waals surface area contributed by atoms with Crippen LogP contribution in [0.5, 0.6) is 0 Å². The maximum Gasteiger partial charge on any atom is 0.0521 e. The number of fused-ring (bicyclic) bond motifs is 6. The van der Waals surface area contributed by atoms with E-state index < -0.39 is 0 Å². The van der Waals surface area contributed by atoms with Crippen LogP contribution in [-0.4, -0.2) is 39.6 Å². The lowest BCUT2D eigenvalue weighted by molar-refractivity contribution is 0.00356. The van der Waals surface area contributed by atoms with E-state index >= 15 is 0 Å². The molecule has 0 aromatic carbocycles. The predicted molar refractivity (Wildman–Crippen MR) is 111 cm³/mol. The highest BCUT2D eigenvalue weighted by atomic mass is 31.1. The van der Waals surface area contributed by atoms with Crippen molar-refractivity contribution in [1.29, 1.82) is 0 Å². The minimum absolute atomic E-state index is 0.195. The first kappa shape index (κ1) is 19.1. The lowest BCUT2D eigenvalue weighted by atomic mass is 9.69. The van der Waals surface area contributed by atoms with Crippen molar-refractivity contribution >= 4 is 17.2 Å². The number of hydrogen-bond donors (Lipinski definition) is 2. The second-order valence-corrected chi connectivity index (χ2v) is 13.9. The smallest absolute Gasteiger partial charge is 0.0521 e. The average molecular weight is 384 g/mol. The second-order valence-electron chi connectivity index (χ2n) is 9.58. The normalized spacial score (nSPS) is 46.3. The van der Waals surface area contributed by atoms with Crippen LogP contribution in [0.25, 0.3) is 0 Å². The maximum atomic E-state index is 10.7. The zero-order chi connectivity index (χ0) is 17.3. The fraction of sp³-hybridized carbons (Fsp3) is 1.00. The molecule has 5 fully saturated rings. The molecular weight excluding hydrogens is 346 g/mol. The minimum atomic E-state index is -0.195. The summed E-state index contributed by atoms with van der Waals surface area (Å²) in [5, 5.41) is 21.5. The van der Waals surface area contributed by atoms with E-state index in [1.54, 1.807) is 0 Å². The minimum Gasteiger partial charge on any atom is -0.396 e. The van der Waals surface area contributed by atoms with Gasteiger partial charge in [-0.2, -0.15) is 0 Å². The molecule has 4 heterocycles. The Labute approximate surface area is 157 Å². The van der Waals surface area contributed by atoms with Gasteiger partial charge in [0.25, 0.3) is 0 Å². The first-order chi connectivity index (χ1) is 12.2. The van der Waals surface area contributed by atoms with Gasteiger partial charge in [0.1, 0.15) is 0 Å². The summed E-state index contributed by atoms with van der Waals surface area (Å²) < 4.78 is 0. The van der Waals surface area contributed by atoms with Gasteiger partial charge in [0.05, 0.1) is 13.2 Å². The third-order valence-corrected chi connectivity index (χ3v) is 13.8. The van der Waals surface area contributed by atoms with Gasteiger partial charge < -0.3 is 10.2 Å². The Hall–Kier alpha value is 0.780. The van der Waals surface area contributed by atoms with Gasteiger partial charge in [0.2, 0.25) is 0 Å². The molecule has 4 bridgehead atoms. The van der Waals surface area contributed by atoms with Gasteiger partial charge in [-0.3, -0.25) is 0 Å². The molecule has 1 aliphatic carbocycles. The Balaban J connectivity index is 1.81. The van der Waals surface area contributed by atoms with Crippen LogP contribution < -0.4 is 0 Å². The fourth-order valence-electron chi connectivity index (χ4n) is 6.83. The third kappa shape index (κ3) is 3.48. The summed E-state index contributed by atoms with van der Waals surface area (Å²) in [6.45, 7) is 0.464. The Bertz CT molecular complexity index is 433. The highest BCUT2D eigenvalue weighted by molar-refractivity contribution is 7.60. The average Bonchev–Trinajstić information content (AvgIpc) is 2.79. The molecular formula is C21H38O2P2. The maximum absolute atomic E-state index is 10.7. The molecule has 0 aromatic rings. The van der Waals surface area contributed by atoms with Crippen LogP contribution in [0, 0.1) is 17.3 Å². The molecule has 0 amide bonds. The zero-order valence-electron chi connectivity index (χ0n) is 15.8. The highest BCUT2D eigenvalue weighted by Gasteiger charge is 2.58. The molecule has 1 saturated carbocycles. The van der Waals surface area contributed by atoms with Gasteiger partial charge in [0.15, 0.2) is 0 Å². The van der Waals surface area contributed by atoms with Crippen LogP contribution >= 0.6 is 17.2 Å². The van der Waals surface area contributed by atoms with Crippen molar-refractivity contribution in [3.05, 3.63) is 0 Å². The SMILES string of the molecule is OCC1(CO)CC2CCCC(CCC2)PC12PC1CCCC2CCC1. The van der Waals surface area contributed by atoms with E-state index in [1.165, 1.54) is 77.0 Å². The summed E-state index contributed by atoms with van der Waals surface area (Å²) in [7, 11) is 2.00. The summed E-state index contributed by atoms with van der Waals surface area (Å²) in [5.41, 5.74) is 1.57. The van der Waals surface area contributed by atoms with Crippen molar-refractivity contribution in [1.82, 2.24) is 0 Å². The van der Waals surface area contributed by atoms with Gasteiger partial charge in [-0.05, 0) is 68.1 Å². The summed E-state index contributed by atoms with van der Waals surface area (Å²) >= 11 is 0. The van der Waals surface area contributed by atoms with Crippen LogP contribution in [0.1, 0.15) is 83.5 Å². The van der Waals surface area contributed by atoms with Crippen LogP contribution in [0.2, 0.25) is 0 Å².